The normalized spacial score (nSPS) is 12.5. The van der Waals surface area contributed by atoms with Gasteiger partial charge in [-0.3, -0.25) is 4.40 Å². The van der Waals surface area contributed by atoms with E-state index in [1.54, 1.807) is 0 Å². The summed E-state index contributed by atoms with van der Waals surface area (Å²) < 4.78 is 2.21. The number of hydrogen-bond acceptors (Lipinski definition) is 2. The van der Waals surface area contributed by atoms with Gasteiger partial charge >= 0.3 is 0 Å². The average molecular weight is 754 g/mol. The monoisotopic (exact) mass is 753 g/mol. The molecule has 3 heteroatoms. The molecule has 0 radical (unpaired) electrons. The molecule has 59 heavy (non-hydrogen) atoms. The average Bonchev–Trinajstić information content (AvgIpc) is 3.85. The number of aromatic nitrogens is 2. The van der Waals surface area contributed by atoms with Gasteiger partial charge in [-0.2, -0.15) is 0 Å². The summed E-state index contributed by atoms with van der Waals surface area (Å²) in [6, 6.07) is 83.0. The van der Waals surface area contributed by atoms with Gasteiger partial charge in [-0.15, -0.1) is 0 Å². The zero-order valence-corrected chi connectivity index (χ0v) is 32.4. The van der Waals surface area contributed by atoms with Crippen molar-refractivity contribution in [2.24, 2.45) is 0 Å². The van der Waals surface area contributed by atoms with Gasteiger partial charge in [0.15, 0.2) is 0 Å². The molecule has 11 rings (SSSR count). The molecule has 8 aromatic carbocycles. The summed E-state index contributed by atoms with van der Waals surface area (Å²) in [5.41, 5.74) is 18.1. The number of rotatable bonds is 8. The fraction of sp³-hybridized carbons (Fsp3) is 0.0179. The molecule has 10 aromatic rings. The second-order valence-electron chi connectivity index (χ2n) is 15.2. The number of hydrogen-bond donors (Lipinski definition) is 0. The minimum atomic E-state index is -0.440. The highest BCUT2D eigenvalue weighted by Crippen LogP contribution is 2.56. The van der Waals surface area contributed by atoms with E-state index in [1.165, 1.54) is 44.5 Å². The third-order valence-electron chi connectivity index (χ3n) is 11.9. The summed E-state index contributed by atoms with van der Waals surface area (Å²) in [5, 5.41) is 0. The number of anilines is 3. The van der Waals surface area contributed by atoms with Crippen molar-refractivity contribution in [1.82, 2.24) is 9.38 Å². The van der Waals surface area contributed by atoms with E-state index >= 15 is 0 Å². The van der Waals surface area contributed by atoms with Crippen molar-refractivity contribution in [1.29, 1.82) is 0 Å². The van der Waals surface area contributed by atoms with Crippen molar-refractivity contribution in [3.63, 3.8) is 0 Å². The molecule has 0 saturated carbocycles. The van der Waals surface area contributed by atoms with Gasteiger partial charge in [-0.1, -0.05) is 176 Å². The highest BCUT2D eigenvalue weighted by molar-refractivity contribution is 5.89. The molecule has 2 aromatic heterocycles. The van der Waals surface area contributed by atoms with Crippen LogP contribution in [0.2, 0.25) is 0 Å². The van der Waals surface area contributed by atoms with Crippen molar-refractivity contribution in [3.05, 3.63) is 259 Å². The van der Waals surface area contributed by atoms with E-state index in [2.05, 4.69) is 246 Å². The summed E-state index contributed by atoms with van der Waals surface area (Å²) >= 11 is 0. The molecule has 2 heterocycles. The topological polar surface area (TPSA) is 20.5 Å². The van der Waals surface area contributed by atoms with Crippen LogP contribution in [0.4, 0.5) is 17.1 Å². The smallest absolute Gasteiger partial charge is 0.137 e. The Bertz CT molecular complexity index is 2980. The first-order chi connectivity index (χ1) is 29.3. The molecule has 0 unspecified atom stereocenters. The Labute approximate surface area is 344 Å². The standard InChI is InChI=1S/C56H39N3/c1-5-17-44(18-6-1)56(45-19-7-2-8-20-45)51-26-14-13-25-49(51)50-37-34-43(39-52(50)56)40-28-30-42(31-29-40)55-54(57-53-27-15-16-38-58(53)55)41-32-35-48(36-33-41)59(46-21-9-3-10-22-46)47-23-11-4-12-24-47/h1-39H. The van der Waals surface area contributed by atoms with Gasteiger partial charge in [0.2, 0.25) is 0 Å². The summed E-state index contributed by atoms with van der Waals surface area (Å²) in [7, 11) is 0. The summed E-state index contributed by atoms with van der Waals surface area (Å²) in [6.07, 6.45) is 2.11. The molecule has 3 nitrogen and oxygen atoms in total. The molecule has 0 spiro atoms. The Kier molecular flexibility index (Phi) is 8.37. The first-order valence-electron chi connectivity index (χ1n) is 20.2. The van der Waals surface area contributed by atoms with Crippen LogP contribution in [0.1, 0.15) is 22.3 Å². The summed E-state index contributed by atoms with van der Waals surface area (Å²) in [4.78, 5) is 7.50. The van der Waals surface area contributed by atoms with Crippen LogP contribution in [0.3, 0.4) is 0 Å². The summed E-state index contributed by atoms with van der Waals surface area (Å²) in [5.74, 6) is 0. The van der Waals surface area contributed by atoms with Crippen LogP contribution in [-0.4, -0.2) is 9.38 Å². The number of benzene rings is 8. The van der Waals surface area contributed by atoms with Crippen LogP contribution < -0.4 is 4.90 Å². The van der Waals surface area contributed by atoms with Gasteiger partial charge in [0.25, 0.3) is 0 Å². The zero-order chi connectivity index (χ0) is 39.2. The lowest BCUT2D eigenvalue weighted by atomic mass is 9.67. The number of imidazole rings is 1. The van der Waals surface area contributed by atoms with Crippen molar-refractivity contribution >= 4 is 22.7 Å². The molecule has 0 fully saturated rings. The Balaban J connectivity index is 0.997. The molecule has 0 atom stereocenters. The Hall–Kier alpha value is -7.75. The first-order valence-corrected chi connectivity index (χ1v) is 20.2. The predicted octanol–water partition coefficient (Wildman–Crippen LogP) is 14.2. The maximum absolute atomic E-state index is 5.21. The van der Waals surface area contributed by atoms with E-state index in [0.717, 1.165) is 45.2 Å². The molecule has 0 bridgehead atoms. The van der Waals surface area contributed by atoms with Gasteiger partial charge in [-0.25, -0.2) is 4.98 Å². The lowest BCUT2D eigenvalue weighted by molar-refractivity contribution is 0.769. The number of nitrogens with zero attached hydrogens (tertiary/aromatic N) is 3. The number of para-hydroxylation sites is 2. The molecule has 0 N–H and O–H groups in total. The van der Waals surface area contributed by atoms with E-state index in [0.29, 0.717) is 0 Å². The predicted molar refractivity (Wildman–Crippen MR) is 243 cm³/mol. The maximum Gasteiger partial charge on any atom is 0.137 e. The van der Waals surface area contributed by atoms with Gasteiger partial charge in [0, 0.05) is 34.4 Å². The molecule has 0 amide bonds. The van der Waals surface area contributed by atoms with Crippen LogP contribution in [0, 0.1) is 0 Å². The van der Waals surface area contributed by atoms with E-state index in [1.807, 2.05) is 0 Å². The molecule has 1 aliphatic rings. The lowest BCUT2D eigenvalue weighted by Crippen LogP contribution is -2.28. The van der Waals surface area contributed by atoms with Crippen molar-refractivity contribution in [3.8, 4) is 44.8 Å². The van der Waals surface area contributed by atoms with Gasteiger partial charge in [0.1, 0.15) is 5.65 Å². The first kappa shape index (κ1) is 34.5. The van der Waals surface area contributed by atoms with Crippen molar-refractivity contribution < 1.29 is 0 Å². The minimum absolute atomic E-state index is 0.440. The zero-order valence-electron chi connectivity index (χ0n) is 32.4. The molecule has 1 aliphatic carbocycles. The number of fused-ring (bicyclic) bond motifs is 4. The van der Waals surface area contributed by atoms with Crippen LogP contribution in [-0.2, 0) is 5.41 Å². The molecule has 0 saturated heterocycles. The minimum Gasteiger partial charge on any atom is -0.311 e. The summed E-state index contributed by atoms with van der Waals surface area (Å²) in [6.45, 7) is 0. The third-order valence-corrected chi connectivity index (χ3v) is 11.9. The molecular formula is C56H39N3. The highest BCUT2D eigenvalue weighted by atomic mass is 15.1. The van der Waals surface area contributed by atoms with Gasteiger partial charge in [0.05, 0.1) is 16.8 Å². The van der Waals surface area contributed by atoms with Crippen LogP contribution >= 0.6 is 0 Å². The molecule has 278 valence electrons. The maximum atomic E-state index is 5.21. The van der Waals surface area contributed by atoms with Gasteiger partial charge in [-0.05, 0) is 99.1 Å². The van der Waals surface area contributed by atoms with E-state index in [4.69, 9.17) is 4.98 Å². The molecular weight excluding hydrogens is 715 g/mol. The van der Waals surface area contributed by atoms with Gasteiger partial charge < -0.3 is 4.90 Å². The SMILES string of the molecule is c1ccc(N(c2ccccc2)c2ccc(-c3nc4ccccn4c3-c3ccc(-c4ccc5c(c4)C(c4ccccc4)(c4ccccc4)c4ccccc4-5)cc3)cc2)cc1. The Morgan fingerprint density at radius 2 is 0.864 bits per heavy atom. The third kappa shape index (κ3) is 5.70. The van der Waals surface area contributed by atoms with Crippen molar-refractivity contribution in [2.45, 2.75) is 5.41 Å². The quantitative estimate of drug-likeness (QED) is 0.154. The lowest BCUT2D eigenvalue weighted by Gasteiger charge is -2.34. The number of pyridine rings is 1. The van der Waals surface area contributed by atoms with E-state index in [9.17, 15) is 0 Å². The van der Waals surface area contributed by atoms with E-state index in [-0.39, 0.29) is 0 Å². The second kappa shape index (κ2) is 14.3. The largest absolute Gasteiger partial charge is 0.311 e. The fourth-order valence-corrected chi connectivity index (χ4v) is 9.29. The Morgan fingerprint density at radius 3 is 1.51 bits per heavy atom. The van der Waals surface area contributed by atoms with Crippen LogP contribution in [0.25, 0.3) is 50.4 Å². The second-order valence-corrected chi connectivity index (χ2v) is 15.2. The van der Waals surface area contributed by atoms with Crippen LogP contribution in [0.15, 0.2) is 237 Å². The molecule has 0 aliphatic heterocycles. The highest BCUT2D eigenvalue weighted by Gasteiger charge is 2.46. The van der Waals surface area contributed by atoms with Crippen LogP contribution in [0.5, 0.6) is 0 Å². The van der Waals surface area contributed by atoms with Crippen molar-refractivity contribution in [2.75, 3.05) is 4.90 Å². The Morgan fingerprint density at radius 1 is 0.373 bits per heavy atom. The van der Waals surface area contributed by atoms with E-state index < -0.39 is 5.41 Å². The fourth-order valence-electron chi connectivity index (χ4n) is 9.29.